The molecule has 0 saturated heterocycles. The molecule has 0 atom stereocenters. The molecule has 0 aliphatic heterocycles. The molecule has 0 radical (unpaired) electrons. The Morgan fingerprint density at radius 2 is 1.88 bits per heavy atom. The van der Waals surface area contributed by atoms with E-state index < -0.39 is 11.8 Å². The molecule has 0 bridgehead atoms. The summed E-state index contributed by atoms with van der Waals surface area (Å²) in [4.78, 5) is 31.1. The Labute approximate surface area is 200 Å². The molecule has 3 heterocycles. The van der Waals surface area contributed by atoms with Gasteiger partial charge in [-0.15, -0.1) is 11.3 Å². The number of nitrogens with one attached hydrogen (secondary N) is 1. The van der Waals surface area contributed by atoms with Gasteiger partial charge in [-0.1, -0.05) is 36.4 Å². The van der Waals surface area contributed by atoms with Gasteiger partial charge in [0.25, 0.3) is 11.8 Å². The number of nitriles is 1. The summed E-state index contributed by atoms with van der Waals surface area (Å²) in [6, 6.07) is 17.2. The third kappa shape index (κ3) is 3.87. The van der Waals surface area contributed by atoms with E-state index >= 15 is 0 Å². The molecule has 1 aliphatic rings. The van der Waals surface area contributed by atoms with Crippen molar-refractivity contribution in [1.29, 1.82) is 5.26 Å². The molecule has 1 aromatic carbocycles. The number of aromatic nitrogens is 2. The van der Waals surface area contributed by atoms with Gasteiger partial charge in [0.15, 0.2) is 0 Å². The lowest BCUT2D eigenvalue weighted by molar-refractivity contribution is -0.112. The largest absolute Gasteiger partial charge is 0.365 e. The second-order valence-corrected chi connectivity index (χ2v) is 9.15. The Balaban J connectivity index is 1.56. The molecule has 0 saturated carbocycles. The van der Waals surface area contributed by atoms with Crippen molar-refractivity contribution >= 4 is 39.9 Å². The Kier molecular flexibility index (Phi) is 5.70. The summed E-state index contributed by atoms with van der Waals surface area (Å²) < 4.78 is 1.84. The van der Waals surface area contributed by atoms with E-state index in [2.05, 4.69) is 5.32 Å². The van der Waals surface area contributed by atoms with Crippen LogP contribution in [0.1, 0.15) is 39.3 Å². The monoisotopic (exact) mass is 467 g/mol. The lowest BCUT2D eigenvalue weighted by Crippen LogP contribution is -2.19. The summed E-state index contributed by atoms with van der Waals surface area (Å²) in [5.41, 5.74) is 9.70. The lowest BCUT2D eigenvalue weighted by Gasteiger charge is -2.11. The number of benzene rings is 1. The fourth-order valence-electron chi connectivity index (χ4n) is 4.33. The normalized spacial score (nSPS) is 13.3. The van der Waals surface area contributed by atoms with E-state index in [9.17, 15) is 14.9 Å². The molecule has 0 unspecified atom stereocenters. The van der Waals surface area contributed by atoms with Crippen molar-refractivity contribution < 1.29 is 9.59 Å². The van der Waals surface area contributed by atoms with Gasteiger partial charge in [-0.2, -0.15) is 5.26 Å². The average molecular weight is 468 g/mol. The minimum absolute atomic E-state index is 0.0929. The van der Waals surface area contributed by atoms with Crippen LogP contribution >= 0.6 is 11.3 Å². The molecule has 2 amide bonds. The van der Waals surface area contributed by atoms with Crippen molar-refractivity contribution in [3.05, 3.63) is 82.0 Å². The van der Waals surface area contributed by atoms with Crippen LogP contribution in [0.2, 0.25) is 0 Å². The van der Waals surface area contributed by atoms with Crippen molar-refractivity contribution in [2.45, 2.75) is 25.7 Å². The van der Waals surface area contributed by atoms with Crippen LogP contribution < -0.4 is 11.1 Å². The number of fused-ring (bicyclic) bond motifs is 2. The number of thiophene rings is 1. The molecule has 168 valence electrons. The number of aryl methyl sites for hydroxylation is 1. The van der Waals surface area contributed by atoms with Gasteiger partial charge in [0.2, 0.25) is 0 Å². The van der Waals surface area contributed by atoms with Crippen LogP contribution in [0.25, 0.3) is 23.0 Å². The highest BCUT2D eigenvalue weighted by molar-refractivity contribution is 7.17. The first-order valence-electron chi connectivity index (χ1n) is 11.0. The predicted octanol–water partition coefficient (Wildman–Crippen LogP) is 4.59. The van der Waals surface area contributed by atoms with Crippen LogP contribution in [0.4, 0.5) is 5.00 Å². The van der Waals surface area contributed by atoms with Crippen molar-refractivity contribution in [3.8, 4) is 17.3 Å². The smallest absolute Gasteiger partial charge is 0.267 e. The maximum Gasteiger partial charge on any atom is 0.267 e. The van der Waals surface area contributed by atoms with Crippen molar-refractivity contribution in [1.82, 2.24) is 9.38 Å². The summed E-state index contributed by atoms with van der Waals surface area (Å²) in [7, 11) is 0. The zero-order chi connectivity index (χ0) is 23.7. The van der Waals surface area contributed by atoms with Crippen LogP contribution in [-0.2, 0) is 17.6 Å². The highest BCUT2D eigenvalue weighted by atomic mass is 32.1. The molecule has 3 N–H and O–H groups in total. The van der Waals surface area contributed by atoms with Crippen LogP contribution in [0, 0.1) is 11.3 Å². The Hall–Kier alpha value is -4.22. The number of nitrogens with two attached hydrogens (primary N) is 1. The van der Waals surface area contributed by atoms with Gasteiger partial charge in [-0.05, 0) is 49.5 Å². The van der Waals surface area contributed by atoms with Gasteiger partial charge >= 0.3 is 0 Å². The number of hydrogen-bond donors (Lipinski definition) is 2. The number of amides is 2. The van der Waals surface area contributed by atoms with Crippen molar-refractivity contribution in [3.63, 3.8) is 0 Å². The van der Waals surface area contributed by atoms with E-state index in [0.717, 1.165) is 41.7 Å². The summed E-state index contributed by atoms with van der Waals surface area (Å²) in [5, 5.41) is 13.0. The Morgan fingerprint density at radius 3 is 2.65 bits per heavy atom. The first-order valence-corrected chi connectivity index (χ1v) is 11.8. The van der Waals surface area contributed by atoms with Crippen LogP contribution in [0.15, 0.2) is 60.3 Å². The van der Waals surface area contributed by atoms with Crippen LogP contribution in [0.3, 0.4) is 0 Å². The molecule has 34 heavy (non-hydrogen) atoms. The van der Waals surface area contributed by atoms with E-state index in [1.54, 1.807) is 0 Å². The predicted molar refractivity (Wildman–Crippen MR) is 132 cm³/mol. The SMILES string of the molecule is N#C/C(=C\c1c(-c2ccccc2)nc2ccccn12)C(=O)Nc1sc2c(c1C(N)=O)CCCC2. The number of anilines is 1. The van der Waals surface area contributed by atoms with Crippen molar-refractivity contribution in [2.75, 3.05) is 5.32 Å². The first kappa shape index (κ1) is 21.6. The number of hydrogen-bond acceptors (Lipinski definition) is 5. The van der Waals surface area contributed by atoms with E-state index in [0.29, 0.717) is 27.6 Å². The van der Waals surface area contributed by atoms with E-state index in [1.165, 1.54) is 17.4 Å². The summed E-state index contributed by atoms with van der Waals surface area (Å²) in [6.07, 6.45) is 7.03. The zero-order valence-corrected chi connectivity index (χ0v) is 19.1. The molecule has 3 aromatic heterocycles. The Morgan fingerprint density at radius 1 is 1.12 bits per heavy atom. The molecule has 7 nitrogen and oxygen atoms in total. The quantitative estimate of drug-likeness (QED) is 0.330. The molecule has 5 rings (SSSR count). The molecular weight excluding hydrogens is 446 g/mol. The van der Waals surface area contributed by atoms with E-state index in [1.807, 2.05) is 65.2 Å². The second-order valence-electron chi connectivity index (χ2n) is 8.04. The van der Waals surface area contributed by atoms with Crippen LogP contribution in [-0.4, -0.2) is 21.2 Å². The number of imidazole rings is 1. The fourth-order valence-corrected chi connectivity index (χ4v) is 5.62. The number of nitrogens with zero attached hydrogens (tertiary/aromatic N) is 3. The molecule has 0 spiro atoms. The summed E-state index contributed by atoms with van der Waals surface area (Å²) in [5.74, 6) is -1.15. The Bertz CT molecular complexity index is 1490. The molecule has 0 fully saturated rings. The minimum Gasteiger partial charge on any atom is -0.365 e. The number of primary amides is 1. The van der Waals surface area contributed by atoms with Crippen LogP contribution in [0.5, 0.6) is 0 Å². The lowest BCUT2D eigenvalue weighted by atomic mass is 9.95. The van der Waals surface area contributed by atoms with Gasteiger partial charge in [-0.3, -0.25) is 14.0 Å². The highest BCUT2D eigenvalue weighted by Gasteiger charge is 2.26. The molecule has 4 aromatic rings. The third-order valence-corrected chi connectivity index (χ3v) is 7.11. The van der Waals surface area contributed by atoms with Gasteiger partial charge in [-0.25, -0.2) is 4.98 Å². The van der Waals surface area contributed by atoms with Gasteiger partial charge in [0.05, 0.1) is 17.0 Å². The minimum atomic E-state index is -0.589. The van der Waals surface area contributed by atoms with E-state index in [4.69, 9.17) is 10.7 Å². The zero-order valence-electron chi connectivity index (χ0n) is 18.2. The fraction of sp³-hybridized carbons (Fsp3) is 0.154. The van der Waals surface area contributed by atoms with Gasteiger partial charge in [0, 0.05) is 16.6 Å². The first-order chi connectivity index (χ1) is 16.6. The van der Waals surface area contributed by atoms with E-state index in [-0.39, 0.29) is 5.57 Å². The number of carbonyl (C=O) groups is 2. The third-order valence-electron chi connectivity index (χ3n) is 5.91. The number of pyridine rings is 1. The maximum absolute atomic E-state index is 13.2. The number of rotatable bonds is 5. The summed E-state index contributed by atoms with van der Waals surface area (Å²) in [6.45, 7) is 0. The van der Waals surface area contributed by atoms with Gasteiger partial charge < -0.3 is 11.1 Å². The average Bonchev–Trinajstić information content (AvgIpc) is 3.41. The topological polar surface area (TPSA) is 113 Å². The number of carbonyl (C=O) groups excluding carboxylic acids is 2. The molecule has 8 heteroatoms. The molecule has 1 aliphatic carbocycles. The summed E-state index contributed by atoms with van der Waals surface area (Å²) >= 11 is 1.37. The van der Waals surface area contributed by atoms with Gasteiger partial charge in [0.1, 0.15) is 22.3 Å². The standard InChI is InChI=1S/C26H21N5O2S/c27-15-17(25(33)30-26-22(24(28)32)18-10-4-5-11-20(18)34-26)14-19-23(16-8-2-1-3-9-16)29-21-12-6-7-13-31(19)21/h1-3,6-9,12-14H,4-5,10-11H2,(H2,28,32)(H,30,33)/b17-14+. The van der Waals surface area contributed by atoms with Crippen molar-refractivity contribution in [2.24, 2.45) is 5.73 Å². The molecular formula is C26H21N5O2S. The maximum atomic E-state index is 13.2. The second kappa shape index (κ2) is 8.96. The highest BCUT2D eigenvalue weighted by Crippen LogP contribution is 2.38.